The first-order valence-corrected chi connectivity index (χ1v) is 6.62. The predicted molar refractivity (Wildman–Crippen MR) is 70.9 cm³/mol. The van der Waals surface area contributed by atoms with Gasteiger partial charge in [0.2, 0.25) is 6.29 Å². The second-order valence-electron chi connectivity index (χ2n) is 4.39. The molecule has 0 amide bonds. The lowest BCUT2D eigenvalue weighted by molar-refractivity contribution is -0.277. The van der Waals surface area contributed by atoms with Gasteiger partial charge < -0.3 is 29.9 Å². The minimum atomic E-state index is -1.50. The molecule has 20 heavy (non-hydrogen) atoms. The number of halogens is 2. The summed E-state index contributed by atoms with van der Waals surface area (Å²) < 4.78 is 10.6. The van der Waals surface area contributed by atoms with Crippen LogP contribution in [0.15, 0.2) is 18.2 Å². The van der Waals surface area contributed by atoms with Crippen LogP contribution in [0.4, 0.5) is 0 Å². The largest absolute Gasteiger partial charge is 0.460 e. The molecule has 4 N–H and O–H groups in total. The molecular formula is C12H14Cl2O6. The van der Waals surface area contributed by atoms with Crippen molar-refractivity contribution in [3.8, 4) is 5.75 Å². The van der Waals surface area contributed by atoms with Crippen molar-refractivity contribution in [2.45, 2.75) is 30.7 Å². The fourth-order valence-electron chi connectivity index (χ4n) is 1.86. The second kappa shape index (κ2) is 6.44. The smallest absolute Gasteiger partial charge is 0.229 e. The highest BCUT2D eigenvalue weighted by Gasteiger charge is 2.44. The van der Waals surface area contributed by atoms with Crippen molar-refractivity contribution in [3.63, 3.8) is 0 Å². The Balaban J connectivity index is 2.15. The molecule has 0 radical (unpaired) electrons. The Labute approximate surface area is 125 Å². The first-order valence-electron chi connectivity index (χ1n) is 5.86. The molecule has 1 saturated heterocycles. The van der Waals surface area contributed by atoms with Crippen LogP contribution in [-0.4, -0.2) is 57.7 Å². The van der Waals surface area contributed by atoms with Gasteiger partial charge in [0.1, 0.15) is 30.2 Å². The van der Waals surface area contributed by atoms with Crippen LogP contribution in [-0.2, 0) is 4.74 Å². The topological polar surface area (TPSA) is 99.4 Å². The molecule has 0 aliphatic carbocycles. The van der Waals surface area contributed by atoms with Crippen molar-refractivity contribution >= 4 is 23.2 Å². The van der Waals surface area contributed by atoms with Gasteiger partial charge in [0.15, 0.2) is 0 Å². The van der Waals surface area contributed by atoms with Crippen LogP contribution in [0, 0.1) is 0 Å². The number of ether oxygens (including phenoxy) is 2. The third-order valence-corrected chi connectivity index (χ3v) is 3.52. The number of hydrogen-bond donors (Lipinski definition) is 4. The molecule has 5 atom stereocenters. The summed E-state index contributed by atoms with van der Waals surface area (Å²) in [6.07, 6.45) is -6.74. The molecule has 1 aliphatic rings. The molecule has 0 spiro atoms. The zero-order chi connectivity index (χ0) is 14.9. The van der Waals surface area contributed by atoms with E-state index in [1.54, 1.807) is 0 Å². The Bertz CT molecular complexity index is 469. The molecule has 0 bridgehead atoms. The van der Waals surface area contributed by atoms with Crippen LogP contribution in [0.1, 0.15) is 0 Å². The third kappa shape index (κ3) is 3.17. The summed E-state index contributed by atoms with van der Waals surface area (Å²) in [6, 6.07) is 4.46. The lowest BCUT2D eigenvalue weighted by atomic mass is 9.99. The first-order chi connectivity index (χ1) is 9.43. The molecule has 1 fully saturated rings. The maximum absolute atomic E-state index is 9.82. The Morgan fingerprint density at radius 3 is 2.40 bits per heavy atom. The molecule has 8 heteroatoms. The van der Waals surface area contributed by atoms with E-state index in [1.165, 1.54) is 18.2 Å². The molecule has 0 saturated carbocycles. The summed E-state index contributed by atoms with van der Waals surface area (Å²) >= 11 is 11.7. The van der Waals surface area contributed by atoms with Gasteiger partial charge in [-0.15, -0.1) is 0 Å². The van der Waals surface area contributed by atoms with Crippen molar-refractivity contribution in [1.82, 2.24) is 0 Å². The van der Waals surface area contributed by atoms with Crippen LogP contribution in [0.5, 0.6) is 5.75 Å². The molecule has 2 unspecified atom stereocenters. The van der Waals surface area contributed by atoms with Gasteiger partial charge >= 0.3 is 0 Å². The minimum Gasteiger partial charge on any atom is -0.460 e. The van der Waals surface area contributed by atoms with Gasteiger partial charge in [-0.05, 0) is 18.2 Å². The van der Waals surface area contributed by atoms with E-state index in [1.807, 2.05) is 0 Å². The summed E-state index contributed by atoms with van der Waals surface area (Å²) in [7, 11) is 0. The van der Waals surface area contributed by atoms with Crippen molar-refractivity contribution in [2.24, 2.45) is 0 Å². The molecule has 1 heterocycles. The monoisotopic (exact) mass is 324 g/mol. The Morgan fingerprint density at radius 1 is 1.10 bits per heavy atom. The number of hydrogen-bond acceptors (Lipinski definition) is 6. The highest BCUT2D eigenvalue weighted by Crippen LogP contribution is 2.31. The van der Waals surface area contributed by atoms with E-state index in [4.69, 9.17) is 37.8 Å². The van der Waals surface area contributed by atoms with E-state index in [9.17, 15) is 15.3 Å². The fraction of sp³-hybridized carbons (Fsp3) is 0.500. The molecular weight excluding hydrogens is 311 g/mol. The zero-order valence-electron chi connectivity index (χ0n) is 10.2. The van der Waals surface area contributed by atoms with Crippen LogP contribution in [0.25, 0.3) is 0 Å². The second-order valence-corrected chi connectivity index (χ2v) is 5.23. The molecule has 0 aromatic heterocycles. The standard InChI is InChI=1S/C12H14Cl2O6/c13-5-1-2-7(6(14)3-5)19-12-11(18)10(17)9(16)8(4-15)20-12/h1-3,8-12,15-18H,4H2/t8?,9-,10?,11-,12-/m1/s1. The average molecular weight is 325 g/mol. The minimum absolute atomic E-state index is 0.195. The fourth-order valence-corrected chi connectivity index (χ4v) is 2.31. The van der Waals surface area contributed by atoms with Crippen LogP contribution < -0.4 is 4.74 Å². The normalized spacial score (nSPS) is 34.0. The van der Waals surface area contributed by atoms with E-state index in [0.717, 1.165) is 0 Å². The van der Waals surface area contributed by atoms with Crippen molar-refractivity contribution in [2.75, 3.05) is 6.61 Å². The van der Waals surface area contributed by atoms with Gasteiger partial charge in [-0.1, -0.05) is 23.2 Å². The SMILES string of the molecule is OCC1O[C@@H](Oc2ccc(Cl)cc2Cl)[C@H](O)C(O)[C@@H]1O. The molecule has 1 aromatic carbocycles. The van der Waals surface area contributed by atoms with E-state index in [0.29, 0.717) is 5.02 Å². The maximum Gasteiger partial charge on any atom is 0.229 e. The van der Waals surface area contributed by atoms with Gasteiger partial charge in [0.25, 0.3) is 0 Å². The lowest BCUT2D eigenvalue weighted by Gasteiger charge is -2.39. The van der Waals surface area contributed by atoms with Gasteiger partial charge in [0, 0.05) is 5.02 Å². The quantitative estimate of drug-likeness (QED) is 0.632. The van der Waals surface area contributed by atoms with Gasteiger partial charge in [0.05, 0.1) is 11.6 Å². The zero-order valence-corrected chi connectivity index (χ0v) is 11.7. The van der Waals surface area contributed by atoms with Gasteiger partial charge in [-0.2, -0.15) is 0 Å². The molecule has 6 nitrogen and oxygen atoms in total. The van der Waals surface area contributed by atoms with E-state index < -0.39 is 37.3 Å². The maximum atomic E-state index is 9.82. The Kier molecular flexibility index (Phi) is 5.09. The van der Waals surface area contributed by atoms with E-state index in [2.05, 4.69) is 0 Å². The van der Waals surface area contributed by atoms with Crippen molar-refractivity contribution in [1.29, 1.82) is 0 Å². The Hall–Kier alpha value is -0.600. The summed E-state index contributed by atoms with van der Waals surface area (Å²) in [5.41, 5.74) is 0. The van der Waals surface area contributed by atoms with Crippen LogP contribution in [0.3, 0.4) is 0 Å². The average Bonchev–Trinajstić information content (AvgIpc) is 2.42. The number of benzene rings is 1. The first kappa shape index (κ1) is 15.8. The van der Waals surface area contributed by atoms with Crippen LogP contribution in [0.2, 0.25) is 10.0 Å². The number of aliphatic hydroxyl groups is 4. The summed E-state index contributed by atoms with van der Waals surface area (Å²) in [6.45, 7) is -0.529. The molecule has 112 valence electrons. The third-order valence-electron chi connectivity index (χ3n) is 2.99. The summed E-state index contributed by atoms with van der Waals surface area (Å²) in [4.78, 5) is 0. The van der Waals surface area contributed by atoms with Crippen molar-refractivity contribution < 1.29 is 29.9 Å². The summed E-state index contributed by atoms with van der Waals surface area (Å²) in [5, 5.41) is 38.8. The van der Waals surface area contributed by atoms with Gasteiger partial charge in [-0.3, -0.25) is 0 Å². The number of aliphatic hydroxyl groups excluding tert-OH is 4. The highest BCUT2D eigenvalue weighted by molar-refractivity contribution is 6.35. The van der Waals surface area contributed by atoms with E-state index in [-0.39, 0.29) is 10.8 Å². The molecule has 2 rings (SSSR count). The highest BCUT2D eigenvalue weighted by atomic mass is 35.5. The number of rotatable bonds is 3. The molecule has 1 aromatic rings. The Morgan fingerprint density at radius 2 is 1.80 bits per heavy atom. The lowest BCUT2D eigenvalue weighted by Crippen LogP contribution is -2.60. The van der Waals surface area contributed by atoms with Gasteiger partial charge in [-0.25, -0.2) is 0 Å². The summed E-state index contributed by atoms with van der Waals surface area (Å²) in [5.74, 6) is 0.195. The van der Waals surface area contributed by atoms with Crippen molar-refractivity contribution in [3.05, 3.63) is 28.2 Å². The van der Waals surface area contributed by atoms with E-state index >= 15 is 0 Å². The van der Waals surface area contributed by atoms with Crippen LogP contribution >= 0.6 is 23.2 Å². The molecule has 1 aliphatic heterocycles. The predicted octanol–water partition coefficient (Wildman–Crippen LogP) is 0.172.